The summed E-state index contributed by atoms with van der Waals surface area (Å²) in [5, 5.41) is 11.6. The molecule has 6 heteroatoms. The number of rotatable bonds is 5. The highest BCUT2D eigenvalue weighted by molar-refractivity contribution is 7.99. The summed E-state index contributed by atoms with van der Waals surface area (Å²) in [6.45, 7) is 5.80. The third kappa shape index (κ3) is 2.98. The van der Waals surface area contributed by atoms with Gasteiger partial charge in [0.2, 0.25) is 0 Å². The quantitative estimate of drug-likeness (QED) is 0.853. The van der Waals surface area contributed by atoms with Crippen molar-refractivity contribution in [1.29, 1.82) is 0 Å². The molecule has 2 unspecified atom stereocenters. The fraction of sp³-hybridized carbons (Fsp3) is 0.833. The molecule has 0 spiro atoms. The zero-order chi connectivity index (χ0) is 13.0. The molecular weight excluding hydrogens is 248 g/mol. The van der Waals surface area contributed by atoms with Crippen molar-refractivity contribution < 1.29 is 0 Å². The monoisotopic (exact) mass is 270 g/mol. The minimum Gasteiger partial charge on any atom is -0.313 e. The maximum atomic E-state index is 11.5. The topological polar surface area (TPSA) is 62.7 Å². The molecule has 1 aromatic heterocycles. The van der Waals surface area contributed by atoms with Gasteiger partial charge in [-0.1, -0.05) is 31.5 Å². The van der Waals surface area contributed by atoms with Crippen LogP contribution in [0.25, 0.3) is 0 Å². The molecule has 0 saturated heterocycles. The van der Waals surface area contributed by atoms with Crippen LogP contribution in [0.1, 0.15) is 39.5 Å². The Kier molecular flexibility index (Phi) is 4.88. The van der Waals surface area contributed by atoms with Crippen LogP contribution in [0.4, 0.5) is 0 Å². The number of H-pyrrole nitrogens is 1. The summed E-state index contributed by atoms with van der Waals surface area (Å²) in [5.74, 6) is 0. The number of hydrogen-bond acceptors (Lipinski definition) is 4. The van der Waals surface area contributed by atoms with Gasteiger partial charge in [-0.2, -0.15) is 0 Å². The van der Waals surface area contributed by atoms with Crippen molar-refractivity contribution in [1.82, 2.24) is 20.1 Å². The third-order valence-corrected chi connectivity index (χ3v) is 4.85. The average molecular weight is 270 g/mol. The molecule has 1 aliphatic rings. The Morgan fingerprint density at radius 3 is 2.94 bits per heavy atom. The van der Waals surface area contributed by atoms with E-state index in [0.29, 0.717) is 17.8 Å². The third-order valence-electron chi connectivity index (χ3n) is 3.47. The van der Waals surface area contributed by atoms with E-state index in [4.69, 9.17) is 0 Å². The smallest absolute Gasteiger partial charge is 0.313 e. The second-order valence-electron chi connectivity index (χ2n) is 4.66. The van der Waals surface area contributed by atoms with Gasteiger partial charge in [0.25, 0.3) is 0 Å². The first-order valence-corrected chi connectivity index (χ1v) is 7.69. The van der Waals surface area contributed by atoms with Gasteiger partial charge >= 0.3 is 5.69 Å². The lowest BCUT2D eigenvalue weighted by molar-refractivity contribution is 0.390. The lowest BCUT2D eigenvalue weighted by Gasteiger charge is -2.31. The van der Waals surface area contributed by atoms with Gasteiger partial charge in [0.05, 0.1) is 0 Å². The molecule has 2 rings (SSSR count). The first-order chi connectivity index (χ1) is 8.76. The minimum absolute atomic E-state index is 0.101. The second kappa shape index (κ2) is 6.43. The largest absolute Gasteiger partial charge is 0.343 e. The van der Waals surface area contributed by atoms with Gasteiger partial charge in [0.15, 0.2) is 5.16 Å². The van der Waals surface area contributed by atoms with E-state index in [0.717, 1.165) is 11.7 Å². The second-order valence-corrected chi connectivity index (χ2v) is 5.87. The molecule has 2 atom stereocenters. The predicted octanol–water partition coefficient (Wildman–Crippen LogP) is 1.60. The number of nitrogens with one attached hydrogen (secondary N) is 2. The van der Waals surface area contributed by atoms with E-state index < -0.39 is 0 Å². The molecule has 1 aromatic rings. The zero-order valence-corrected chi connectivity index (χ0v) is 11.9. The molecule has 0 amide bonds. The molecule has 2 N–H and O–H groups in total. The predicted molar refractivity (Wildman–Crippen MR) is 74.1 cm³/mol. The van der Waals surface area contributed by atoms with E-state index in [9.17, 15) is 4.79 Å². The van der Waals surface area contributed by atoms with Gasteiger partial charge in [-0.25, -0.2) is 9.89 Å². The molecule has 0 bridgehead atoms. The van der Waals surface area contributed by atoms with Gasteiger partial charge in [-0.3, -0.25) is 4.57 Å². The van der Waals surface area contributed by atoms with E-state index in [-0.39, 0.29) is 5.69 Å². The molecule has 102 valence electrons. The molecule has 1 saturated carbocycles. The fourth-order valence-corrected chi connectivity index (χ4v) is 3.93. The summed E-state index contributed by atoms with van der Waals surface area (Å²) < 4.78 is 1.71. The SMILES string of the molecule is CCNC1CCCCC1Sc1n[nH]c(=O)n1CC. The van der Waals surface area contributed by atoms with Crippen LogP contribution in [0, 0.1) is 0 Å². The summed E-state index contributed by atoms with van der Waals surface area (Å²) in [4.78, 5) is 11.5. The molecule has 0 radical (unpaired) electrons. The molecule has 1 fully saturated rings. The first kappa shape index (κ1) is 13.7. The Labute approximate surface area is 112 Å². The van der Waals surface area contributed by atoms with Crippen LogP contribution in [0.5, 0.6) is 0 Å². The van der Waals surface area contributed by atoms with Crippen molar-refractivity contribution in [2.45, 2.75) is 62.5 Å². The Morgan fingerprint density at radius 1 is 1.44 bits per heavy atom. The Bertz CT molecular complexity index is 426. The summed E-state index contributed by atoms with van der Waals surface area (Å²) in [5.41, 5.74) is -0.101. The normalized spacial score (nSPS) is 24.3. The van der Waals surface area contributed by atoms with Crippen LogP contribution in [0.15, 0.2) is 9.95 Å². The molecule has 18 heavy (non-hydrogen) atoms. The summed E-state index contributed by atoms with van der Waals surface area (Å²) in [7, 11) is 0. The van der Waals surface area contributed by atoms with Crippen LogP contribution in [-0.2, 0) is 6.54 Å². The average Bonchev–Trinajstić information content (AvgIpc) is 2.72. The van der Waals surface area contributed by atoms with E-state index in [1.807, 2.05) is 6.92 Å². The Hall–Kier alpha value is -0.750. The van der Waals surface area contributed by atoms with E-state index in [2.05, 4.69) is 22.4 Å². The van der Waals surface area contributed by atoms with Gasteiger partial charge in [-0.05, 0) is 26.3 Å². The molecular formula is C12H22N4OS. The van der Waals surface area contributed by atoms with Gasteiger partial charge in [-0.15, -0.1) is 5.10 Å². The van der Waals surface area contributed by atoms with Crippen molar-refractivity contribution in [2.24, 2.45) is 0 Å². The van der Waals surface area contributed by atoms with Crippen LogP contribution < -0.4 is 11.0 Å². The molecule has 0 aliphatic heterocycles. The Balaban J connectivity index is 2.08. The summed E-state index contributed by atoms with van der Waals surface area (Å²) in [6, 6.07) is 0.547. The van der Waals surface area contributed by atoms with E-state index in [1.54, 1.807) is 16.3 Å². The maximum Gasteiger partial charge on any atom is 0.343 e. The van der Waals surface area contributed by atoms with E-state index in [1.165, 1.54) is 25.7 Å². The van der Waals surface area contributed by atoms with Crippen LogP contribution in [-0.4, -0.2) is 32.6 Å². The lowest BCUT2D eigenvalue weighted by Crippen LogP contribution is -2.40. The molecule has 0 aromatic carbocycles. The minimum atomic E-state index is -0.101. The van der Waals surface area contributed by atoms with Gasteiger partial charge < -0.3 is 5.32 Å². The van der Waals surface area contributed by atoms with Crippen molar-refractivity contribution in [2.75, 3.05) is 6.54 Å². The first-order valence-electron chi connectivity index (χ1n) is 6.81. The number of aromatic amines is 1. The lowest BCUT2D eigenvalue weighted by atomic mass is 9.95. The Morgan fingerprint density at radius 2 is 2.22 bits per heavy atom. The fourth-order valence-electron chi connectivity index (χ4n) is 2.54. The van der Waals surface area contributed by atoms with Crippen molar-refractivity contribution in [3.05, 3.63) is 10.5 Å². The number of hydrogen-bond donors (Lipinski definition) is 2. The van der Waals surface area contributed by atoms with Crippen LogP contribution >= 0.6 is 11.8 Å². The highest BCUT2D eigenvalue weighted by Gasteiger charge is 2.27. The molecule has 5 nitrogen and oxygen atoms in total. The molecule has 1 heterocycles. The number of thioether (sulfide) groups is 1. The highest BCUT2D eigenvalue weighted by Crippen LogP contribution is 2.32. The van der Waals surface area contributed by atoms with Gasteiger partial charge in [0.1, 0.15) is 0 Å². The van der Waals surface area contributed by atoms with Crippen LogP contribution in [0.3, 0.4) is 0 Å². The highest BCUT2D eigenvalue weighted by atomic mass is 32.2. The van der Waals surface area contributed by atoms with Crippen LogP contribution in [0.2, 0.25) is 0 Å². The molecule has 1 aliphatic carbocycles. The maximum absolute atomic E-state index is 11.5. The number of nitrogens with zero attached hydrogens (tertiary/aromatic N) is 2. The van der Waals surface area contributed by atoms with Crippen molar-refractivity contribution in [3.63, 3.8) is 0 Å². The number of aromatic nitrogens is 3. The zero-order valence-electron chi connectivity index (χ0n) is 11.1. The van der Waals surface area contributed by atoms with Crippen molar-refractivity contribution in [3.8, 4) is 0 Å². The van der Waals surface area contributed by atoms with E-state index >= 15 is 0 Å². The summed E-state index contributed by atoms with van der Waals surface area (Å²) >= 11 is 1.74. The standard InChI is InChI=1S/C12H22N4OS/c1-3-13-9-7-5-6-8-10(9)18-12-15-14-11(17)16(12)4-2/h9-10,13H,3-8H2,1-2H3,(H,14,17). The van der Waals surface area contributed by atoms with Gasteiger partial charge in [0, 0.05) is 17.8 Å². The summed E-state index contributed by atoms with van der Waals surface area (Å²) in [6.07, 6.45) is 5.01. The van der Waals surface area contributed by atoms with Crippen molar-refractivity contribution >= 4 is 11.8 Å².